The van der Waals surface area contributed by atoms with Crippen molar-refractivity contribution in [2.45, 2.75) is 30.4 Å². The summed E-state index contributed by atoms with van der Waals surface area (Å²) in [5.74, 6) is 1.10. The number of hydrogen-bond donors (Lipinski definition) is 1. The van der Waals surface area contributed by atoms with E-state index < -0.39 is 0 Å². The van der Waals surface area contributed by atoms with Gasteiger partial charge < -0.3 is 19.2 Å². The summed E-state index contributed by atoms with van der Waals surface area (Å²) in [5, 5.41) is 3.63. The predicted molar refractivity (Wildman–Crippen MR) is 117 cm³/mol. The number of benzene rings is 2. The first kappa shape index (κ1) is 20.8. The summed E-state index contributed by atoms with van der Waals surface area (Å²) in [7, 11) is 0. The summed E-state index contributed by atoms with van der Waals surface area (Å²) in [6.45, 7) is 4.59. The lowest BCUT2D eigenvalue weighted by molar-refractivity contribution is -0.119. The molecule has 6 nitrogen and oxygen atoms in total. The molecule has 1 amide bonds. The van der Waals surface area contributed by atoms with E-state index in [1.54, 1.807) is 0 Å². The first-order valence-electron chi connectivity index (χ1n) is 10.2. The molecule has 7 heteroatoms. The molecule has 2 aromatic carbocycles. The van der Waals surface area contributed by atoms with Crippen LogP contribution in [0.3, 0.4) is 0 Å². The minimum Gasteiger partial charge on any atom is -0.494 e. The van der Waals surface area contributed by atoms with Gasteiger partial charge in [-0.15, -0.1) is 0 Å². The molecule has 30 heavy (non-hydrogen) atoms. The van der Waals surface area contributed by atoms with Gasteiger partial charge in [0.15, 0.2) is 5.58 Å². The van der Waals surface area contributed by atoms with Crippen LogP contribution in [-0.2, 0) is 14.9 Å². The van der Waals surface area contributed by atoms with Gasteiger partial charge in [-0.25, -0.2) is 4.98 Å². The van der Waals surface area contributed by atoms with Crippen molar-refractivity contribution in [2.75, 3.05) is 32.1 Å². The fourth-order valence-electron chi connectivity index (χ4n) is 3.76. The van der Waals surface area contributed by atoms with Crippen LogP contribution in [0.4, 0.5) is 0 Å². The van der Waals surface area contributed by atoms with Crippen LogP contribution in [0.15, 0.2) is 58.2 Å². The Morgan fingerprint density at radius 1 is 1.17 bits per heavy atom. The number of oxazole rings is 1. The zero-order valence-corrected chi connectivity index (χ0v) is 17.9. The van der Waals surface area contributed by atoms with Crippen LogP contribution in [0.25, 0.3) is 11.1 Å². The highest BCUT2D eigenvalue weighted by Crippen LogP contribution is 2.35. The normalized spacial score (nSPS) is 15.8. The molecule has 0 radical (unpaired) electrons. The van der Waals surface area contributed by atoms with Crippen molar-refractivity contribution in [1.82, 2.24) is 10.3 Å². The second-order valence-corrected chi connectivity index (χ2v) is 8.29. The number of para-hydroxylation sites is 2. The number of carbonyl (C=O) groups excluding carboxylic acids is 1. The van der Waals surface area contributed by atoms with Crippen molar-refractivity contribution in [3.8, 4) is 5.75 Å². The Morgan fingerprint density at radius 3 is 2.67 bits per heavy atom. The number of aromatic nitrogens is 1. The number of ether oxygens (including phenoxy) is 2. The minimum absolute atomic E-state index is 0.0286. The molecule has 1 aliphatic heterocycles. The summed E-state index contributed by atoms with van der Waals surface area (Å²) in [5.41, 5.74) is 2.62. The summed E-state index contributed by atoms with van der Waals surface area (Å²) < 4.78 is 16.8. The number of thioether (sulfide) groups is 1. The molecule has 3 aromatic rings. The van der Waals surface area contributed by atoms with Gasteiger partial charge >= 0.3 is 0 Å². The quantitative estimate of drug-likeness (QED) is 0.545. The number of amides is 1. The molecule has 0 unspecified atom stereocenters. The Hall–Kier alpha value is -2.51. The molecule has 0 atom stereocenters. The SMILES string of the molecule is CCOc1ccc(C2(CNC(=O)CSc3nc4ccccc4o3)CCOCC2)cc1. The third kappa shape index (κ3) is 4.79. The molecular weight excluding hydrogens is 400 g/mol. The zero-order chi connectivity index (χ0) is 20.8. The van der Waals surface area contributed by atoms with Crippen molar-refractivity contribution in [3.05, 3.63) is 54.1 Å². The third-order valence-corrected chi connectivity index (χ3v) is 6.28. The average molecular weight is 427 g/mol. The second-order valence-electron chi connectivity index (χ2n) is 7.36. The van der Waals surface area contributed by atoms with Crippen LogP contribution < -0.4 is 10.1 Å². The van der Waals surface area contributed by atoms with Gasteiger partial charge in [0.25, 0.3) is 5.22 Å². The molecule has 1 aromatic heterocycles. The molecule has 1 saturated heterocycles. The molecule has 158 valence electrons. The lowest BCUT2D eigenvalue weighted by atomic mass is 9.74. The van der Waals surface area contributed by atoms with E-state index in [-0.39, 0.29) is 17.1 Å². The molecular formula is C23H26N2O4S. The smallest absolute Gasteiger partial charge is 0.257 e. The number of carbonyl (C=O) groups is 1. The number of hydrogen-bond acceptors (Lipinski definition) is 6. The molecule has 0 bridgehead atoms. The Balaban J connectivity index is 1.37. The maximum atomic E-state index is 12.5. The number of rotatable bonds is 8. The van der Waals surface area contributed by atoms with Crippen molar-refractivity contribution < 1.29 is 18.7 Å². The van der Waals surface area contributed by atoms with Gasteiger partial charge in [-0.3, -0.25) is 4.79 Å². The Kier molecular flexibility index (Phi) is 6.59. The molecule has 4 rings (SSSR count). The van der Waals surface area contributed by atoms with Crippen LogP contribution in [-0.4, -0.2) is 43.0 Å². The van der Waals surface area contributed by atoms with Gasteiger partial charge in [0.05, 0.1) is 12.4 Å². The Morgan fingerprint density at radius 2 is 1.93 bits per heavy atom. The first-order chi connectivity index (χ1) is 14.7. The molecule has 1 fully saturated rings. The summed E-state index contributed by atoms with van der Waals surface area (Å²) in [6, 6.07) is 15.8. The van der Waals surface area contributed by atoms with Crippen LogP contribution in [0.2, 0.25) is 0 Å². The molecule has 0 spiro atoms. The number of fused-ring (bicyclic) bond motifs is 1. The van der Waals surface area contributed by atoms with Crippen LogP contribution in [0.1, 0.15) is 25.3 Å². The van der Waals surface area contributed by atoms with Crippen LogP contribution in [0, 0.1) is 0 Å². The number of nitrogens with one attached hydrogen (secondary N) is 1. The zero-order valence-electron chi connectivity index (χ0n) is 17.1. The first-order valence-corrected chi connectivity index (χ1v) is 11.2. The van der Waals surface area contributed by atoms with Crippen molar-refractivity contribution in [2.24, 2.45) is 0 Å². The van der Waals surface area contributed by atoms with Crippen LogP contribution in [0.5, 0.6) is 5.75 Å². The van der Waals surface area contributed by atoms with Crippen molar-refractivity contribution in [3.63, 3.8) is 0 Å². The van der Waals surface area contributed by atoms with Crippen molar-refractivity contribution >= 4 is 28.8 Å². The van der Waals surface area contributed by atoms with Gasteiger partial charge in [-0.1, -0.05) is 36.0 Å². The standard InChI is InChI=1S/C23H26N2O4S/c1-2-28-18-9-7-17(8-10-18)23(11-13-27-14-12-23)16-24-21(26)15-30-22-25-19-5-3-4-6-20(19)29-22/h3-10H,2,11-16H2,1H3,(H,24,26). The van der Waals surface area contributed by atoms with Crippen molar-refractivity contribution in [1.29, 1.82) is 0 Å². The largest absolute Gasteiger partial charge is 0.494 e. The van der Waals surface area contributed by atoms with Gasteiger partial charge in [0.1, 0.15) is 11.3 Å². The second kappa shape index (κ2) is 9.53. The van der Waals surface area contributed by atoms with Gasteiger partial charge in [-0.2, -0.15) is 0 Å². The molecule has 2 heterocycles. The number of nitrogens with zero attached hydrogens (tertiary/aromatic N) is 1. The summed E-state index contributed by atoms with van der Waals surface area (Å²) >= 11 is 1.31. The average Bonchev–Trinajstić information content (AvgIpc) is 3.21. The Bertz CT molecular complexity index is 947. The van der Waals surface area contributed by atoms with E-state index >= 15 is 0 Å². The maximum Gasteiger partial charge on any atom is 0.257 e. The van der Waals surface area contributed by atoms with E-state index in [9.17, 15) is 4.79 Å². The third-order valence-electron chi connectivity index (χ3n) is 5.45. The molecule has 0 saturated carbocycles. The van der Waals surface area contributed by atoms with Crippen LogP contribution >= 0.6 is 11.8 Å². The lowest BCUT2D eigenvalue weighted by Gasteiger charge is -2.38. The molecule has 1 N–H and O–H groups in total. The van der Waals surface area contributed by atoms with Gasteiger partial charge in [0.2, 0.25) is 5.91 Å². The minimum atomic E-state index is -0.124. The van der Waals surface area contributed by atoms with E-state index in [1.165, 1.54) is 17.3 Å². The van der Waals surface area contributed by atoms with E-state index in [0.717, 1.165) is 29.7 Å². The van der Waals surface area contributed by atoms with Gasteiger partial charge in [0, 0.05) is 25.2 Å². The highest BCUT2D eigenvalue weighted by atomic mass is 32.2. The van der Waals surface area contributed by atoms with E-state index in [0.29, 0.717) is 31.6 Å². The molecule has 0 aliphatic carbocycles. The fourth-order valence-corrected chi connectivity index (χ4v) is 4.43. The highest BCUT2D eigenvalue weighted by Gasteiger charge is 2.35. The van der Waals surface area contributed by atoms with E-state index in [4.69, 9.17) is 13.9 Å². The van der Waals surface area contributed by atoms with E-state index in [2.05, 4.69) is 22.4 Å². The monoisotopic (exact) mass is 426 g/mol. The predicted octanol–water partition coefficient (Wildman–Crippen LogP) is 4.18. The highest BCUT2D eigenvalue weighted by molar-refractivity contribution is 7.99. The van der Waals surface area contributed by atoms with Gasteiger partial charge in [-0.05, 0) is 49.6 Å². The summed E-state index contributed by atoms with van der Waals surface area (Å²) in [6.07, 6.45) is 1.75. The summed E-state index contributed by atoms with van der Waals surface area (Å²) in [4.78, 5) is 16.9. The fraction of sp³-hybridized carbons (Fsp3) is 0.391. The topological polar surface area (TPSA) is 73.6 Å². The van der Waals surface area contributed by atoms with E-state index in [1.807, 2.05) is 43.3 Å². The Labute approximate surface area is 180 Å². The lowest BCUT2D eigenvalue weighted by Crippen LogP contribution is -2.45. The maximum absolute atomic E-state index is 12.5. The molecule has 1 aliphatic rings.